The lowest BCUT2D eigenvalue weighted by Gasteiger charge is -2.09. The summed E-state index contributed by atoms with van der Waals surface area (Å²) in [5.74, 6) is 0.192. The van der Waals surface area contributed by atoms with Crippen LogP contribution in [0.2, 0.25) is 5.02 Å². The van der Waals surface area contributed by atoms with Crippen molar-refractivity contribution in [1.29, 1.82) is 0 Å². The molecule has 0 bridgehead atoms. The van der Waals surface area contributed by atoms with Crippen LogP contribution >= 0.6 is 11.6 Å². The van der Waals surface area contributed by atoms with Crippen LogP contribution in [0.3, 0.4) is 0 Å². The zero-order chi connectivity index (χ0) is 16.9. The molecular formula is C18H15ClN4O. The maximum Gasteiger partial charge on any atom is 0.274 e. The summed E-state index contributed by atoms with van der Waals surface area (Å²) in [4.78, 5) is 20.5. The Labute approximate surface area is 144 Å². The average molecular weight is 339 g/mol. The van der Waals surface area contributed by atoms with Crippen LogP contribution in [0, 0.1) is 6.92 Å². The Morgan fingerprint density at radius 3 is 2.67 bits per heavy atom. The first-order valence-electron chi connectivity index (χ1n) is 7.33. The zero-order valence-corrected chi connectivity index (χ0v) is 13.7. The number of carbonyl (C=O) groups excluding carboxylic acids is 1. The molecule has 0 radical (unpaired) electrons. The van der Waals surface area contributed by atoms with E-state index in [9.17, 15) is 4.79 Å². The van der Waals surface area contributed by atoms with Crippen LogP contribution < -0.4 is 10.6 Å². The molecule has 1 amide bonds. The summed E-state index contributed by atoms with van der Waals surface area (Å²) in [6.07, 6.45) is 1.34. The second-order valence-electron chi connectivity index (χ2n) is 5.22. The van der Waals surface area contributed by atoms with Crippen LogP contribution in [0.1, 0.15) is 16.1 Å². The van der Waals surface area contributed by atoms with Crippen molar-refractivity contribution in [2.24, 2.45) is 0 Å². The fourth-order valence-electron chi connectivity index (χ4n) is 2.17. The van der Waals surface area contributed by atoms with Crippen LogP contribution in [0.4, 0.5) is 17.2 Å². The number of rotatable bonds is 4. The lowest BCUT2D eigenvalue weighted by molar-refractivity contribution is 0.102. The fourth-order valence-corrected chi connectivity index (χ4v) is 2.35. The summed E-state index contributed by atoms with van der Waals surface area (Å²) in [7, 11) is 0. The van der Waals surface area contributed by atoms with Gasteiger partial charge in [-0.05, 0) is 36.8 Å². The van der Waals surface area contributed by atoms with Crippen molar-refractivity contribution >= 4 is 34.7 Å². The molecule has 0 aliphatic rings. The van der Waals surface area contributed by atoms with Crippen molar-refractivity contribution in [2.45, 2.75) is 6.92 Å². The van der Waals surface area contributed by atoms with Gasteiger partial charge >= 0.3 is 0 Å². The number of carbonyl (C=O) groups is 1. The number of nitrogens with zero attached hydrogens (tertiary/aromatic N) is 2. The molecule has 2 N–H and O–H groups in total. The van der Waals surface area contributed by atoms with Crippen LogP contribution in [-0.4, -0.2) is 15.9 Å². The van der Waals surface area contributed by atoms with Gasteiger partial charge in [-0.15, -0.1) is 0 Å². The van der Waals surface area contributed by atoms with Gasteiger partial charge in [0.25, 0.3) is 5.91 Å². The Hall–Kier alpha value is -2.92. The van der Waals surface area contributed by atoms with E-state index in [0.717, 1.165) is 11.3 Å². The van der Waals surface area contributed by atoms with Gasteiger partial charge in [0.1, 0.15) is 17.8 Å². The molecule has 0 aliphatic heterocycles. The third kappa shape index (κ3) is 3.88. The predicted molar refractivity (Wildman–Crippen MR) is 95.9 cm³/mol. The SMILES string of the molecule is Cc1cccc(NC(=O)c2cc(Nc3ccccc3Cl)ncn2)c1. The van der Waals surface area contributed by atoms with E-state index in [1.54, 1.807) is 12.1 Å². The molecule has 0 unspecified atom stereocenters. The molecule has 2 aromatic carbocycles. The summed E-state index contributed by atoms with van der Waals surface area (Å²) >= 11 is 6.11. The summed E-state index contributed by atoms with van der Waals surface area (Å²) in [5, 5.41) is 6.47. The minimum Gasteiger partial charge on any atom is -0.339 e. The normalized spacial score (nSPS) is 10.2. The molecule has 3 aromatic rings. The van der Waals surface area contributed by atoms with E-state index >= 15 is 0 Å². The van der Waals surface area contributed by atoms with Gasteiger partial charge in [-0.25, -0.2) is 9.97 Å². The fraction of sp³-hybridized carbons (Fsp3) is 0.0556. The molecule has 3 rings (SSSR count). The Kier molecular flexibility index (Phi) is 4.72. The number of benzene rings is 2. The lowest BCUT2D eigenvalue weighted by atomic mass is 10.2. The number of anilines is 3. The largest absolute Gasteiger partial charge is 0.339 e. The van der Waals surface area contributed by atoms with Crippen molar-refractivity contribution in [3.05, 3.63) is 77.2 Å². The molecule has 0 spiro atoms. The lowest BCUT2D eigenvalue weighted by Crippen LogP contribution is -2.14. The number of amides is 1. The van der Waals surface area contributed by atoms with E-state index in [1.165, 1.54) is 6.33 Å². The van der Waals surface area contributed by atoms with Crippen LogP contribution in [-0.2, 0) is 0 Å². The van der Waals surface area contributed by atoms with Gasteiger partial charge in [0.05, 0.1) is 10.7 Å². The van der Waals surface area contributed by atoms with E-state index in [1.807, 2.05) is 49.4 Å². The van der Waals surface area contributed by atoms with Crippen molar-refractivity contribution in [2.75, 3.05) is 10.6 Å². The van der Waals surface area contributed by atoms with E-state index < -0.39 is 0 Å². The highest BCUT2D eigenvalue weighted by molar-refractivity contribution is 6.33. The highest BCUT2D eigenvalue weighted by Gasteiger charge is 2.10. The smallest absolute Gasteiger partial charge is 0.274 e. The third-order valence-corrected chi connectivity index (χ3v) is 3.64. The molecule has 120 valence electrons. The minimum atomic E-state index is -0.301. The Balaban J connectivity index is 1.77. The standard InChI is InChI=1S/C18H15ClN4O/c1-12-5-4-6-13(9-12)22-18(24)16-10-17(21-11-20-16)23-15-8-3-2-7-14(15)19/h2-11H,1H3,(H,22,24)(H,20,21,23). The van der Waals surface area contributed by atoms with Crippen molar-refractivity contribution in [3.63, 3.8) is 0 Å². The molecule has 6 heteroatoms. The highest BCUT2D eigenvalue weighted by Crippen LogP contribution is 2.24. The molecule has 5 nitrogen and oxygen atoms in total. The molecule has 0 atom stereocenters. The number of hydrogen-bond acceptors (Lipinski definition) is 4. The van der Waals surface area contributed by atoms with Gasteiger partial charge in [0, 0.05) is 11.8 Å². The zero-order valence-electron chi connectivity index (χ0n) is 13.0. The highest BCUT2D eigenvalue weighted by atomic mass is 35.5. The summed E-state index contributed by atoms with van der Waals surface area (Å²) < 4.78 is 0. The number of para-hydroxylation sites is 1. The van der Waals surface area contributed by atoms with E-state index in [4.69, 9.17) is 11.6 Å². The summed E-state index contributed by atoms with van der Waals surface area (Å²) in [5.41, 5.74) is 2.76. The maximum atomic E-state index is 12.3. The first kappa shape index (κ1) is 16.0. The number of halogens is 1. The van der Waals surface area contributed by atoms with Gasteiger partial charge in [0.15, 0.2) is 0 Å². The van der Waals surface area contributed by atoms with E-state index in [2.05, 4.69) is 20.6 Å². The number of nitrogens with one attached hydrogen (secondary N) is 2. The Morgan fingerprint density at radius 1 is 1.04 bits per heavy atom. The molecular weight excluding hydrogens is 324 g/mol. The maximum absolute atomic E-state index is 12.3. The average Bonchev–Trinajstić information content (AvgIpc) is 2.57. The number of aryl methyl sites for hydroxylation is 1. The van der Waals surface area contributed by atoms with Gasteiger partial charge in [-0.2, -0.15) is 0 Å². The molecule has 0 aliphatic carbocycles. The molecule has 0 saturated heterocycles. The van der Waals surface area contributed by atoms with Gasteiger partial charge in [0.2, 0.25) is 0 Å². The second kappa shape index (κ2) is 7.10. The van der Waals surface area contributed by atoms with Gasteiger partial charge in [-0.3, -0.25) is 4.79 Å². The molecule has 0 fully saturated rings. The van der Waals surface area contributed by atoms with Crippen molar-refractivity contribution in [1.82, 2.24) is 9.97 Å². The number of hydrogen-bond donors (Lipinski definition) is 2. The molecule has 1 aromatic heterocycles. The minimum absolute atomic E-state index is 0.265. The topological polar surface area (TPSA) is 66.9 Å². The first-order chi connectivity index (χ1) is 11.6. The van der Waals surface area contributed by atoms with Crippen LogP contribution in [0.15, 0.2) is 60.9 Å². The quantitative estimate of drug-likeness (QED) is 0.738. The van der Waals surface area contributed by atoms with Crippen LogP contribution in [0.5, 0.6) is 0 Å². The van der Waals surface area contributed by atoms with Crippen LogP contribution in [0.25, 0.3) is 0 Å². The third-order valence-electron chi connectivity index (χ3n) is 3.31. The molecule has 24 heavy (non-hydrogen) atoms. The van der Waals surface area contributed by atoms with E-state index in [-0.39, 0.29) is 11.6 Å². The molecule has 0 saturated carbocycles. The molecule has 1 heterocycles. The Bertz CT molecular complexity index is 882. The van der Waals surface area contributed by atoms with Gasteiger partial charge < -0.3 is 10.6 Å². The summed E-state index contributed by atoms with van der Waals surface area (Å²) in [6, 6.07) is 16.5. The summed E-state index contributed by atoms with van der Waals surface area (Å²) in [6.45, 7) is 1.96. The first-order valence-corrected chi connectivity index (χ1v) is 7.71. The predicted octanol–water partition coefficient (Wildman–Crippen LogP) is 4.43. The second-order valence-corrected chi connectivity index (χ2v) is 5.62. The Morgan fingerprint density at radius 2 is 1.88 bits per heavy atom. The van der Waals surface area contributed by atoms with Gasteiger partial charge in [-0.1, -0.05) is 35.9 Å². The van der Waals surface area contributed by atoms with E-state index in [0.29, 0.717) is 16.5 Å². The van der Waals surface area contributed by atoms with Crippen molar-refractivity contribution < 1.29 is 4.79 Å². The number of aromatic nitrogens is 2. The van der Waals surface area contributed by atoms with Crippen molar-refractivity contribution in [3.8, 4) is 0 Å². The monoisotopic (exact) mass is 338 g/mol.